The lowest BCUT2D eigenvalue weighted by Gasteiger charge is -2.12. The van der Waals surface area contributed by atoms with Crippen molar-refractivity contribution in [2.24, 2.45) is 0 Å². The Morgan fingerprint density at radius 2 is 1.52 bits per heavy atom. The fourth-order valence-electron chi connectivity index (χ4n) is 1.73. The molecule has 0 unspecified atom stereocenters. The van der Waals surface area contributed by atoms with Crippen molar-refractivity contribution in [3.05, 3.63) is 64.7 Å². The summed E-state index contributed by atoms with van der Waals surface area (Å²) in [7, 11) is 0. The third kappa shape index (κ3) is 3.83. The van der Waals surface area contributed by atoms with E-state index in [1.807, 2.05) is 0 Å². The molecule has 0 spiro atoms. The molecule has 0 aromatic heterocycles. The number of esters is 1. The molecule has 0 amide bonds. The fourth-order valence-corrected chi connectivity index (χ4v) is 1.85. The number of carbonyl (C=O) groups excluding carboxylic acids is 2. The second kappa shape index (κ2) is 6.41. The number of halogens is 1. The molecular weight excluding hydrogens is 292 g/mol. The van der Waals surface area contributed by atoms with Crippen LogP contribution in [0.5, 0.6) is 5.75 Å². The van der Waals surface area contributed by atoms with E-state index in [1.54, 1.807) is 24.3 Å². The number of benzene rings is 2. The molecule has 0 aliphatic rings. The average molecular weight is 305 g/mol. The van der Waals surface area contributed by atoms with Crippen molar-refractivity contribution < 1.29 is 19.4 Å². The largest absolute Gasteiger partial charge is 0.508 e. The molecule has 2 rings (SSSR count). The van der Waals surface area contributed by atoms with Crippen LogP contribution in [0.15, 0.2) is 48.5 Å². The van der Waals surface area contributed by atoms with Crippen molar-refractivity contribution >= 4 is 23.4 Å². The Balaban J connectivity index is 2.05. The van der Waals surface area contributed by atoms with Crippen molar-refractivity contribution in [3.63, 3.8) is 0 Å². The van der Waals surface area contributed by atoms with E-state index in [-0.39, 0.29) is 17.1 Å². The summed E-state index contributed by atoms with van der Waals surface area (Å²) in [6.45, 7) is 1.51. The van der Waals surface area contributed by atoms with Crippen LogP contribution in [0.1, 0.15) is 27.6 Å². The number of phenols is 1. The minimum absolute atomic E-state index is 0.0526. The lowest BCUT2D eigenvalue weighted by atomic mass is 10.1. The van der Waals surface area contributed by atoms with Crippen LogP contribution in [-0.2, 0) is 4.74 Å². The zero-order chi connectivity index (χ0) is 15.4. The summed E-state index contributed by atoms with van der Waals surface area (Å²) >= 11 is 5.76. The van der Waals surface area contributed by atoms with E-state index in [1.165, 1.54) is 31.2 Å². The second-order valence-corrected chi connectivity index (χ2v) is 4.90. The molecule has 1 atom stereocenters. The number of ketones is 1. The van der Waals surface area contributed by atoms with Crippen LogP contribution in [0.25, 0.3) is 0 Å². The van der Waals surface area contributed by atoms with Gasteiger partial charge in [-0.1, -0.05) is 11.6 Å². The molecule has 2 aromatic carbocycles. The van der Waals surface area contributed by atoms with E-state index >= 15 is 0 Å². The Kier molecular flexibility index (Phi) is 4.60. The Morgan fingerprint density at radius 1 is 1.00 bits per heavy atom. The lowest BCUT2D eigenvalue weighted by molar-refractivity contribution is 0.0319. The molecule has 0 fully saturated rings. The molecular formula is C16H13ClO4. The Bertz CT molecular complexity index is 647. The third-order valence-electron chi connectivity index (χ3n) is 2.88. The van der Waals surface area contributed by atoms with Crippen LogP contribution in [0.4, 0.5) is 0 Å². The quantitative estimate of drug-likeness (QED) is 0.694. The van der Waals surface area contributed by atoms with E-state index in [9.17, 15) is 9.59 Å². The molecule has 5 heteroatoms. The van der Waals surface area contributed by atoms with E-state index in [4.69, 9.17) is 21.4 Å². The molecule has 2 aromatic rings. The Hall–Kier alpha value is -2.33. The minimum Gasteiger partial charge on any atom is -0.508 e. The number of ether oxygens (including phenoxy) is 1. The summed E-state index contributed by atoms with van der Waals surface area (Å²) in [5.74, 6) is -0.875. The summed E-state index contributed by atoms with van der Waals surface area (Å²) in [6, 6.07) is 12.0. The smallest absolute Gasteiger partial charge is 0.338 e. The summed E-state index contributed by atoms with van der Waals surface area (Å²) in [5.41, 5.74) is 0.689. The maximum absolute atomic E-state index is 12.1. The van der Waals surface area contributed by atoms with Gasteiger partial charge in [0, 0.05) is 10.6 Å². The first-order valence-corrected chi connectivity index (χ1v) is 6.65. The third-order valence-corrected chi connectivity index (χ3v) is 3.14. The highest BCUT2D eigenvalue weighted by Gasteiger charge is 2.20. The van der Waals surface area contributed by atoms with Gasteiger partial charge in [0.15, 0.2) is 6.10 Å². The summed E-state index contributed by atoms with van der Waals surface area (Å²) in [4.78, 5) is 24.0. The summed E-state index contributed by atoms with van der Waals surface area (Å²) in [5, 5.41) is 9.69. The predicted octanol–water partition coefficient (Wildman–Crippen LogP) is 3.47. The number of hydrogen-bond acceptors (Lipinski definition) is 4. The van der Waals surface area contributed by atoms with Gasteiger partial charge in [0.05, 0.1) is 5.56 Å². The first-order valence-electron chi connectivity index (χ1n) is 6.27. The average Bonchev–Trinajstić information content (AvgIpc) is 2.47. The maximum Gasteiger partial charge on any atom is 0.338 e. The van der Waals surface area contributed by atoms with Crippen LogP contribution in [0.2, 0.25) is 5.02 Å². The molecule has 0 radical (unpaired) electrons. The zero-order valence-corrected chi connectivity index (χ0v) is 12.0. The molecule has 0 saturated heterocycles. The molecule has 0 bridgehead atoms. The number of Topliss-reactive ketones (excluding diaryl/α,β-unsaturated/α-hetero) is 1. The highest BCUT2D eigenvalue weighted by Crippen LogP contribution is 2.15. The van der Waals surface area contributed by atoms with Gasteiger partial charge in [0.2, 0.25) is 5.78 Å². The molecule has 0 heterocycles. The fraction of sp³-hybridized carbons (Fsp3) is 0.125. The number of phenolic OH excluding ortho intramolecular Hbond substituents is 1. The molecule has 21 heavy (non-hydrogen) atoms. The SMILES string of the molecule is C[C@@H](OC(=O)c1ccc(O)cc1)C(=O)c1ccc(Cl)cc1. The van der Waals surface area contributed by atoms with E-state index < -0.39 is 12.1 Å². The highest BCUT2D eigenvalue weighted by molar-refractivity contribution is 6.30. The van der Waals surface area contributed by atoms with Gasteiger partial charge in [-0.05, 0) is 55.5 Å². The van der Waals surface area contributed by atoms with Crippen LogP contribution < -0.4 is 0 Å². The van der Waals surface area contributed by atoms with Crippen molar-refractivity contribution in [2.45, 2.75) is 13.0 Å². The monoisotopic (exact) mass is 304 g/mol. The maximum atomic E-state index is 12.1. The molecule has 0 aliphatic carbocycles. The number of aromatic hydroxyl groups is 1. The summed E-state index contributed by atoms with van der Waals surface area (Å²) < 4.78 is 5.12. The Labute approximate surface area is 126 Å². The Morgan fingerprint density at radius 3 is 2.10 bits per heavy atom. The van der Waals surface area contributed by atoms with Crippen molar-refractivity contribution in [2.75, 3.05) is 0 Å². The van der Waals surface area contributed by atoms with E-state index in [2.05, 4.69) is 0 Å². The first kappa shape index (κ1) is 15.1. The van der Waals surface area contributed by atoms with Crippen LogP contribution in [-0.4, -0.2) is 23.0 Å². The van der Waals surface area contributed by atoms with E-state index in [0.717, 1.165) is 0 Å². The standard InChI is InChI=1S/C16H13ClO4/c1-10(15(19)11-2-6-13(17)7-3-11)21-16(20)12-4-8-14(18)9-5-12/h2-10,18H,1H3/t10-/m1/s1. The predicted molar refractivity (Wildman–Crippen MR) is 78.8 cm³/mol. The van der Waals surface area contributed by atoms with Gasteiger partial charge in [-0.2, -0.15) is 0 Å². The lowest BCUT2D eigenvalue weighted by Crippen LogP contribution is -2.24. The second-order valence-electron chi connectivity index (χ2n) is 4.47. The van der Waals surface area contributed by atoms with Crippen molar-refractivity contribution in [1.29, 1.82) is 0 Å². The van der Waals surface area contributed by atoms with Gasteiger partial charge in [0.1, 0.15) is 5.75 Å². The first-order chi connectivity index (χ1) is 9.97. The van der Waals surface area contributed by atoms with Crippen LogP contribution in [0.3, 0.4) is 0 Å². The molecule has 0 aliphatic heterocycles. The summed E-state index contributed by atoms with van der Waals surface area (Å²) in [6.07, 6.45) is -0.910. The molecule has 0 saturated carbocycles. The van der Waals surface area contributed by atoms with Gasteiger partial charge in [-0.25, -0.2) is 4.79 Å². The van der Waals surface area contributed by atoms with Crippen molar-refractivity contribution in [3.8, 4) is 5.75 Å². The zero-order valence-electron chi connectivity index (χ0n) is 11.2. The molecule has 108 valence electrons. The van der Waals surface area contributed by atoms with Gasteiger partial charge < -0.3 is 9.84 Å². The molecule has 1 N–H and O–H groups in total. The number of carbonyl (C=O) groups is 2. The van der Waals surface area contributed by atoms with E-state index in [0.29, 0.717) is 10.6 Å². The number of hydrogen-bond donors (Lipinski definition) is 1. The van der Waals surface area contributed by atoms with Crippen LogP contribution in [0, 0.1) is 0 Å². The van der Waals surface area contributed by atoms with Crippen molar-refractivity contribution in [1.82, 2.24) is 0 Å². The molecule has 4 nitrogen and oxygen atoms in total. The number of rotatable bonds is 4. The topological polar surface area (TPSA) is 63.6 Å². The normalized spacial score (nSPS) is 11.7. The van der Waals surface area contributed by atoms with Crippen LogP contribution >= 0.6 is 11.6 Å². The van der Waals surface area contributed by atoms with Gasteiger partial charge in [-0.15, -0.1) is 0 Å². The minimum atomic E-state index is -0.910. The highest BCUT2D eigenvalue weighted by atomic mass is 35.5. The van der Waals surface area contributed by atoms with Gasteiger partial charge in [0.25, 0.3) is 0 Å². The van der Waals surface area contributed by atoms with Gasteiger partial charge in [-0.3, -0.25) is 4.79 Å². The van der Waals surface area contributed by atoms with Gasteiger partial charge >= 0.3 is 5.97 Å².